The smallest absolute Gasteiger partial charge is 0.272 e. The number of nitro benzene ring substituents is 1. The first kappa shape index (κ1) is 19.2. The number of rotatable bonds is 6. The van der Waals surface area contributed by atoms with Gasteiger partial charge in [-0.15, -0.1) is 6.58 Å². The van der Waals surface area contributed by atoms with Gasteiger partial charge in [-0.25, -0.2) is 0 Å². The highest BCUT2D eigenvalue weighted by molar-refractivity contribution is 7.16. The number of hydrogen-bond donors (Lipinski definition) is 0. The molecule has 0 fully saturated rings. The van der Waals surface area contributed by atoms with Crippen molar-refractivity contribution in [2.75, 3.05) is 7.11 Å². The number of aromatic nitrogens is 1. The fraction of sp³-hybridized carbons (Fsp3) is 0.100. The lowest BCUT2D eigenvalue weighted by Crippen LogP contribution is -2.15. The van der Waals surface area contributed by atoms with E-state index in [-0.39, 0.29) is 5.69 Å². The molecule has 0 radical (unpaired) electrons. The molecule has 0 aliphatic carbocycles. The third-order valence-corrected chi connectivity index (χ3v) is 4.95. The maximum absolute atomic E-state index is 12.3. The van der Waals surface area contributed by atoms with Crippen LogP contribution in [0.15, 0.2) is 66.2 Å². The van der Waals surface area contributed by atoms with Gasteiger partial charge >= 0.3 is 0 Å². The van der Waals surface area contributed by atoms with Crippen molar-refractivity contribution in [3.05, 3.63) is 81.7 Å². The molecule has 1 heterocycles. The van der Waals surface area contributed by atoms with Gasteiger partial charge in [0.15, 0.2) is 4.80 Å². The second kappa shape index (κ2) is 8.45. The molecule has 0 aliphatic rings. The van der Waals surface area contributed by atoms with Crippen LogP contribution in [0, 0.1) is 10.1 Å². The highest BCUT2D eigenvalue weighted by atomic mass is 32.1. The Morgan fingerprint density at radius 2 is 2.18 bits per heavy atom. The Hall–Kier alpha value is -3.52. The normalized spacial score (nSPS) is 11.8. The Kier molecular flexibility index (Phi) is 5.81. The zero-order chi connectivity index (χ0) is 20.1. The van der Waals surface area contributed by atoms with Crippen LogP contribution in [0.2, 0.25) is 0 Å². The van der Waals surface area contributed by atoms with E-state index in [9.17, 15) is 14.9 Å². The van der Waals surface area contributed by atoms with Crippen molar-refractivity contribution in [1.82, 2.24) is 4.57 Å². The summed E-state index contributed by atoms with van der Waals surface area (Å²) in [5.74, 6) is 0.269. The first-order valence-electron chi connectivity index (χ1n) is 8.31. The molecule has 3 aromatic rings. The van der Waals surface area contributed by atoms with Crippen LogP contribution in [-0.4, -0.2) is 22.5 Å². The summed E-state index contributed by atoms with van der Waals surface area (Å²) in [7, 11) is 1.60. The predicted molar refractivity (Wildman–Crippen MR) is 109 cm³/mol. The van der Waals surface area contributed by atoms with Crippen molar-refractivity contribution in [2.24, 2.45) is 4.99 Å². The predicted octanol–water partition coefficient (Wildman–Crippen LogP) is 3.95. The van der Waals surface area contributed by atoms with Crippen LogP contribution >= 0.6 is 11.3 Å². The van der Waals surface area contributed by atoms with Gasteiger partial charge in [-0.05, 0) is 29.8 Å². The maximum atomic E-state index is 12.3. The number of methoxy groups -OCH3 is 1. The molecule has 0 N–H and O–H groups in total. The summed E-state index contributed by atoms with van der Waals surface area (Å²) in [6.07, 6.45) is 4.54. The van der Waals surface area contributed by atoms with E-state index in [0.717, 1.165) is 16.0 Å². The first-order valence-corrected chi connectivity index (χ1v) is 9.13. The fourth-order valence-electron chi connectivity index (χ4n) is 2.61. The quantitative estimate of drug-likeness (QED) is 0.274. The average Bonchev–Trinajstić information content (AvgIpc) is 3.03. The molecule has 3 rings (SSSR count). The Balaban J connectivity index is 1.95. The molecule has 0 aliphatic heterocycles. The van der Waals surface area contributed by atoms with Gasteiger partial charge in [0, 0.05) is 24.8 Å². The summed E-state index contributed by atoms with van der Waals surface area (Å²) in [4.78, 5) is 27.4. The molecule has 0 atom stereocenters. The molecule has 28 heavy (non-hydrogen) atoms. The molecule has 1 aromatic heterocycles. The zero-order valence-electron chi connectivity index (χ0n) is 15.1. The second-order valence-electron chi connectivity index (χ2n) is 5.75. The molecule has 8 heteroatoms. The number of carbonyl (C=O) groups is 1. The van der Waals surface area contributed by atoms with Crippen LogP contribution in [0.25, 0.3) is 16.3 Å². The average molecular weight is 395 g/mol. The van der Waals surface area contributed by atoms with Crippen LogP contribution < -0.4 is 9.54 Å². The van der Waals surface area contributed by atoms with E-state index in [1.165, 1.54) is 35.6 Å². The van der Waals surface area contributed by atoms with Crippen molar-refractivity contribution >= 4 is 39.2 Å². The van der Waals surface area contributed by atoms with E-state index in [1.54, 1.807) is 25.3 Å². The molecule has 7 nitrogen and oxygen atoms in total. The lowest BCUT2D eigenvalue weighted by molar-refractivity contribution is -0.384. The van der Waals surface area contributed by atoms with Crippen molar-refractivity contribution in [3.8, 4) is 5.75 Å². The van der Waals surface area contributed by atoms with Gasteiger partial charge in [-0.3, -0.25) is 14.9 Å². The van der Waals surface area contributed by atoms with Gasteiger partial charge < -0.3 is 9.30 Å². The SMILES string of the molecule is C=CCn1c(=NC(=O)C=Cc2cccc([N+](=O)[O-])c2)sc2cc(OC)ccc21. The van der Waals surface area contributed by atoms with E-state index in [1.807, 2.05) is 22.8 Å². The highest BCUT2D eigenvalue weighted by Crippen LogP contribution is 2.23. The van der Waals surface area contributed by atoms with Crippen molar-refractivity contribution < 1.29 is 14.5 Å². The summed E-state index contributed by atoms with van der Waals surface area (Å²) < 4.78 is 8.08. The summed E-state index contributed by atoms with van der Waals surface area (Å²) in [6, 6.07) is 11.7. The van der Waals surface area contributed by atoms with E-state index < -0.39 is 10.8 Å². The van der Waals surface area contributed by atoms with Gasteiger partial charge in [0.2, 0.25) is 0 Å². The number of carbonyl (C=O) groups excluding carboxylic acids is 1. The minimum absolute atomic E-state index is 0.0335. The Bertz CT molecular complexity index is 1160. The van der Waals surface area contributed by atoms with Crippen molar-refractivity contribution in [3.63, 3.8) is 0 Å². The van der Waals surface area contributed by atoms with Gasteiger partial charge in [0.05, 0.1) is 22.2 Å². The fourth-order valence-corrected chi connectivity index (χ4v) is 3.69. The van der Waals surface area contributed by atoms with Gasteiger partial charge in [0.25, 0.3) is 11.6 Å². The topological polar surface area (TPSA) is 86.7 Å². The molecule has 142 valence electrons. The van der Waals surface area contributed by atoms with E-state index in [2.05, 4.69) is 11.6 Å². The van der Waals surface area contributed by atoms with Crippen LogP contribution in [0.5, 0.6) is 5.75 Å². The van der Waals surface area contributed by atoms with Gasteiger partial charge in [-0.1, -0.05) is 29.5 Å². The second-order valence-corrected chi connectivity index (χ2v) is 6.76. The third-order valence-electron chi connectivity index (χ3n) is 3.91. The molecule has 0 saturated heterocycles. The van der Waals surface area contributed by atoms with E-state index in [0.29, 0.717) is 16.9 Å². The monoisotopic (exact) mass is 395 g/mol. The summed E-state index contributed by atoms with van der Waals surface area (Å²) in [5, 5.41) is 10.8. The Labute approximate surface area is 164 Å². The number of thiazole rings is 1. The van der Waals surface area contributed by atoms with Gasteiger partial charge in [-0.2, -0.15) is 4.99 Å². The van der Waals surface area contributed by atoms with E-state index in [4.69, 9.17) is 4.74 Å². The minimum Gasteiger partial charge on any atom is -0.497 e. The number of hydrogen-bond acceptors (Lipinski definition) is 5. The number of amides is 1. The lowest BCUT2D eigenvalue weighted by Gasteiger charge is -2.02. The summed E-state index contributed by atoms with van der Waals surface area (Å²) in [5.41, 5.74) is 1.45. The highest BCUT2D eigenvalue weighted by Gasteiger charge is 2.08. The molecule has 0 bridgehead atoms. The van der Waals surface area contributed by atoms with E-state index >= 15 is 0 Å². The number of non-ortho nitro benzene ring substituents is 1. The van der Waals surface area contributed by atoms with Gasteiger partial charge in [0.1, 0.15) is 5.75 Å². The summed E-state index contributed by atoms with van der Waals surface area (Å²) >= 11 is 1.37. The number of ether oxygens (including phenoxy) is 1. The maximum Gasteiger partial charge on any atom is 0.272 e. The van der Waals surface area contributed by atoms with Crippen LogP contribution in [0.4, 0.5) is 5.69 Å². The molecule has 0 spiro atoms. The molecule has 2 aromatic carbocycles. The Morgan fingerprint density at radius 3 is 2.89 bits per heavy atom. The van der Waals surface area contributed by atoms with Crippen molar-refractivity contribution in [2.45, 2.75) is 6.54 Å². The van der Waals surface area contributed by atoms with Crippen molar-refractivity contribution in [1.29, 1.82) is 0 Å². The molecular formula is C20H17N3O4S. The Morgan fingerprint density at radius 1 is 1.36 bits per heavy atom. The number of fused-ring (bicyclic) bond motifs is 1. The largest absolute Gasteiger partial charge is 0.497 e. The lowest BCUT2D eigenvalue weighted by atomic mass is 10.2. The van der Waals surface area contributed by atoms with Crippen LogP contribution in [-0.2, 0) is 11.3 Å². The number of benzene rings is 2. The number of allylic oxidation sites excluding steroid dienone is 1. The third kappa shape index (κ3) is 4.24. The minimum atomic E-state index is -0.479. The number of nitro groups is 1. The standard InChI is InChI=1S/C20H17N3O4S/c1-3-11-22-17-9-8-16(27-2)13-18(17)28-20(22)21-19(24)10-7-14-5-4-6-15(12-14)23(25)26/h3-10,12-13H,1,11H2,2H3. The zero-order valence-corrected chi connectivity index (χ0v) is 15.9. The molecule has 1 amide bonds. The van der Waals surface area contributed by atoms with Crippen LogP contribution in [0.3, 0.4) is 0 Å². The first-order chi connectivity index (χ1) is 13.5. The molecule has 0 unspecified atom stereocenters. The summed E-state index contributed by atoms with van der Waals surface area (Å²) in [6.45, 7) is 4.27. The number of nitrogens with zero attached hydrogens (tertiary/aromatic N) is 3. The molecular weight excluding hydrogens is 378 g/mol. The van der Waals surface area contributed by atoms with Crippen LogP contribution in [0.1, 0.15) is 5.56 Å². The molecule has 0 saturated carbocycles.